The van der Waals surface area contributed by atoms with Crippen LogP contribution in [0.4, 0.5) is 11.6 Å². The van der Waals surface area contributed by atoms with Crippen LogP contribution in [0.2, 0.25) is 10.0 Å². The number of nitrogens with zero attached hydrogens (tertiary/aromatic N) is 1. The molecule has 1 aromatic heterocycles. The summed E-state index contributed by atoms with van der Waals surface area (Å²) in [7, 11) is -3.84. The lowest BCUT2D eigenvalue weighted by molar-refractivity contribution is 0.596. The Morgan fingerprint density at radius 3 is 2.11 bits per heavy atom. The molecule has 0 aliphatic carbocycles. The van der Waals surface area contributed by atoms with Gasteiger partial charge in [-0.2, -0.15) is 0 Å². The number of nitrogens with two attached hydrogens (primary N) is 2. The molecule has 0 spiro atoms. The largest absolute Gasteiger partial charge is 0.384 e. The maximum absolute atomic E-state index is 12.4. The highest BCUT2D eigenvalue weighted by Crippen LogP contribution is 2.29. The molecule has 100 valence electrons. The standard InChI is InChI=1S/C11H9Cl2N3O2S/c12-6-3-7(13)5-8(4-6)19(17,18)9-1-2-10(14)16-11(9)15/h1-5H,(H4,14,15,16). The molecule has 19 heavy (non-hydrogen) atoms. The van der Waals surface area contributed by atoms with Crippen molar-refractivity contribution in [3.63, 3.8) is 0 Å². The van der Waals surface area contributed by atoms with Crippen LogP contribution < -0.4 is 11.5 Å². The van der Waals surface area contributed by atoms with Crippen molar-refractivity contribution in [1.82, 2.24) is 4.98 Å². The van der Waals surface area contributed by atoms with E-state index >= 15 is 0 Å². The number of sulfone groups is 1. The number of nitrogen functional groups attached to an aromatic ring is 2. The van der Waals surface area contributed by atoms with Crippen LogP contribution in [0.15, 0.2) is 40.1 Å². The van der Waals surface area contributed by atoms with E-state index in [9.17, 15) is 8.42 Å². The Bertz CT molecular complexity index is 727. The molecule has 0 radical (unpaired) electrons. The Labute approximate surface area is 120 Å². The van der Waals surface area contributed by atoms with Crippen molar-refractivity contribution in [2.45, 2.75) is 9.79 Å². The van der Waals surface area contributed by atoms with Gasteiger partial charge in [-0.1, -0.05) is 23.2 Å². The monoisotopic (exact) mass is 317 g/mol. The predicted octanol–water partition coefficient (Wildman–Crippen LogP) is 2.39. The van der Waals surface area contributed by atoms with Crippen molar-refractivity contribution in [1.29, 1.82) is 0 Å². The first-order chi connectivity index (χ1) is 8.80. The van der Waals surface area contributed by atoms with Crippen molar-refractivity contribution in [3.8, 4) is 0 Å². The molecule has 2 aromatic rings. The van der Waals surface area contributed by atoms with Gasteiger partial charge in [0.1, 0.15) is 16.5 Å². The summed E-state index contributed by atoms with van der Waals surface area (Å²) in [4.78, 5) is 3.53. The predicted molar refractivity (Wildman–Crippen MR) is 75.0 cm³/mol. The third-order valence-electron chi connectivity index (χ3n) is 2.34. The number of hydrogen-bond donors (Lipinski definition) is 2. The number of pyridine rings is 1. The lowest BCUT2D eigenvalue weighted by atomic mass is 10.4. The minimum atomic E-state index is -3.84. The first kappa shape index (κ1) is 13.9. The van der Waals surface area contributed by atoms with Crippen LogP contribution in [-0.4, -0.2) is 13.4 Å². The van der Waals surface area contributed by atoms with E-state index < -0.39 is 9.84 Å². The Hall–Kier alpha value is -1.50. The number of halogens is 2. The fraction of sp³-hybridized carbons (Fsp3) is 0. The van der Waals surface area contributed by atoms with Gasteiger partial charge >= 0.3 is 0 Å². The minimum absolute atomic E-state index is 0.0525. The molecule has 1 heterocycles. The lowest BCUT2D eigenvalue weighted by Gasteiger charge is -2.08. The molecule has 5 nitrogen and oxygen atoms in total. The second-order valence-corrected chi connectivity index (χ2v) is 6.52. The van der Waals surface area contributed by atoms with Gasteiger partial charge in [0, 0.05) is 10.0 Å². The molecule has 0 aliphatic heterocycles. The van der Waals surface area contributed by atoms with Crippen molar-refractivity contribution in [3.05, 3.63) is 40.4 Å². The van der Waals surface area contributed by atoms with E-state index in [-0.39, 0.29) is 31.5 Å². The van der Waals surface area contributed by atoms with Crippen LogP contribution in [-0.2, 0) is 9.84 Å². The SMILES string of the molecule is Nc1ccc(S(=O)(=O)c2cc(Cl)cc(Cl)c2)c(N)n1. The number of rotatable bonds is 2. The highest BCUT2D eigenvalue weighted by Gasteiger charge is 2.22. The zero-order valence-corrected chi connectivity index (χ0v) is 11.8. The molecular weight excluding hydrogens is 309 g/mol. The molecule has 0 fully saturated rings. The fourth-order valence-electron chi connectivity index (χ4n) is 1.52. The average molecular weight is 318 g/mol. The topological polar surface area (TPSA) is 99.1 Å². The zero-order valence-electron chi connectivity index (χ0n) is 9.47. The van der Waals surface area contributed by atoms with E-state index in [1.807, 2.05) is 0 Å². The molecule has 0 atom stereocenters. The van der Waals surface area contributed by atoms with Crippen molar-refractivity contribution in [2.24, 2.45) is 0 Å². The molecule has 0 aliphatic rings. The van der Waals surface area contributed by atoms with E-state index in [4.69, 9.17) is 34.7 Å². The highest BCUT2D eigenvalue weighted by molar-refractivity contribution is 7.91. The summed E-state index contributed by atoms with van der Waals surface area (Å²) >= 11 is 11.6. The van der Waals surface area contributed by atoms with Crippen molar-refractivity contribution < 1.29 is 8.42 Å². The van der Waals surface area contributed by atoms with Crippen LogP contribution in [0.3, 0.4) is 0 Å². The maximum atomic E-state index is 12.4. The molecule has 0 saturated heterocycles. The van der Waals surface area contributed by atoms with Gasteiger partial charge in [-0.25, -0.2) is 13.4 Å². The summed E-state index contributed by atoms with van der Waals surface area (Å²) in [6, 6.07) is 6.67. The van der Waals surface area contributed by atoms with Crippen LogP contribution >= 0.6 is 23.2 Å². The Balaban J connectivity index is 2.65. The smallest absolute Gasteiger partial charge is 0.210 e. The molecule has 0 amide bonds. The third kappa shape index (κ3) is 2.75. The molecule has 8 heteroatoms. The van der Waals surface area contributed by atoms with Crippen LogP contribution in [0, 0.1) is 0 Å². The Morgan fingerprint density at radius 1 is 1.00 bits per heavy atom. The lowest BCUT2D eigenvalue weighted by Crippen LogP contribution is -2.08. The number of benzene rings is 1. The van der Waals surface area contributed by atoms with E-state index in [1.54, 1.807) is 0 Å². The first-order valence-electron chi connectivity index (χ1n) is 5.04. The van der Waals surface area contributed by atoms with Gasteiger partial charge in [0.15, 0.2) is 0 Å². The van der Waals surface area contributed by atoms with Gasteiger partial charge in [-0.15, -0.1) is 0 Å². The summed E-state index contributed by atoms with van der Waals surface area (Å²) in [5.74, 6) is -0.0309. The molecule has 1 aromatic carbocycles. The number of hydrogen-bond acceptors (Lipinski definition) is 5. The van der Waals surface area contributed by atoms with Crippen LogP contribution in [0.5, 0.6) is 0 Å². The Kier molecular flexibility index (Phi) is 3.58. The number of aromatic nitrogens is 1. The maximum Gasteiger partial charge on any atom is 0.210 e. The van der Waals surface area contributed by atoms with Gasteiger partial charge < -0.3 is 11.5 Å². The van der Waals surface area contributed by atoms with Gasteiger partial charge in [0.2, 0.25) is 9.84 Å². The second kappa shape index (κ2) is 4.88. The van der Waals surface area contributed by atoms with Gasteiger partial charge in [-0.3, -0.25) is 0 Å². The van der Waals surface area contributed by atoms with Crippen LogP contribution in [0.25, 0.3) is 0 Å². The molecular formula is C11H9Cl2N3O2S. The molecule has 0 bridgehead atoms. The van der Waals surface area contributed by atoms with E-state index in [0.717, 1.165) is 0 Å². The molecule has 0 saturated carbocycles. The fourth-order valence-corrected chi connectivity index (χ4v) is 3.56. The summed E-state index contributed by atoms with van der Waals surface area (Å²) < 4.78 is 24.8. The van der Waals surface area contributed by atoms with Gasteiger partial charge in [0.25, 0.3) is 0 Å². The van der Waals surface area contributed by atoms with Crippen molar-refractivity contribution in [2.75, 3.05) is 11.5 Å². The third-order valence-corrected chi connectivity index (χ3v) is 4.56. The molecule has 4 N–H and O–H groups in total. The van der Waals surface area contributed by atoms with E-state index in [0.29, 0.717) is 0 Å². The minimum Gasteiger partial charge on any atom is -0.384 e. The Morgan fingerprint density at radius 2 is 1.58 bits per heavy atom. The molecule has 0 unspecified atom stereocenters. The average Bonchev–Trinajstić information content (AvgIpc) is 2.26. The van der Waals surface area contributed by atoms with Crippen molar-refractivity contribution >= 4 is 44.7 Å². The van der Waals surface area contributed by atoms with Crippen LogP contribution in [0.1, 0.15) is 0 Å². The number of anilines is 2. The summed E-state index contributed by atoms with van der Waals surface area (Å²) in [5.41, 5.74) is 11.0. The zero-order chi connectivity index (χ0) is 14.2. The molecule has 2 rings (SSSR count). The van der Waals surface area contributed by atoms with Gasteiger partial charge in [0.05, 0.1) is 4.90 Å². The van der Waals surface area contributed by atoms with E-state index in [2.05, 4.69) is 4.98 Å². The normalized spacial score (nSPS) is 11.5. The highest BCUT2D eigenvalue weighted by atomic mass is 35.5. The summed E-state index contributed by atoms with van der Waals surface area (Å²) in [5, 5.41) is 0.432. The first-order valence-corrected chi connectivity index (χ1v) is 7.28. The van der Waals surface area contributed by atoms with Gasteiger partial charge in [-0.05, 0) is 30.3 Å². The quantitative estimate of drug-likeness (QED) is 0.885. The second-order valence-electron chi connectivity index (χ2n) is 3.73. The van der Waals surface area contributed by atoms with E-state index in [1.165, 1.54) is 30.3 Å². The summed E-state index contributed by atoms with van der Waals surface area (Å²) in [6.07, 6.45) is 0. The summed E-state index contributed by atoms with van der Waals surface area (Å²) in [6.45, 7) is 0.